The van der Waals surface area contributed by atoms with E-state index in [1.165, 1.54) is 24.3 Å². The second-order valence-electron chi connectivity index (χ2n) is 7.19. The number of carbonyl (C=O) groups is 1. The van der Waals surface area contributed by atoms with Gasteiger partial charge in [0, 0.05) is 12.1 Å². The third-order valence-electron chi connectivity index (χ3n) is 4.75. The van der Waals surface area contributed by atoms with E-state index >= 15 is 0 Å². The lowest BCUT2D eigenvalue weighted by atomic mass is 10.2. The molecule has 3 aromatic carbocycles. The number of hydrogen-bond donors (Lipinski definition) is 1. The van der Waals surface area contributed by atoms with Crippen LogP contribution in [-0.4, -0.2) is 17.9 Å². The van der Waals surface area contributed by atoms with E-state index < -0.39 is 10.8 Å². The second kappa shape index (κ2) is 10.7. The molecule has 178 valence electrons. The Morgan fingerprint density at radius 1 is 1.00 bits per heavy atom. The topological polar surface area (TPSA) is 113 Å². The van der Waals surface area contributed by atoms with Crippen molar-refractivity contribution in [3.63, 3.8) is 0 Å². The third kappa shape index (κ3) is 6.18. The number of halogens is 1. The maximum Gasteiger partial charge on any atom is 0.291 e. The number of non-ortho nitro benzene ring substituents is 1. The third-order valence-corrected chi connectivity index (χ3v) is 5.40. The Kier molecular flexibility index (Phi) is 7.32. The van der Waals surface area contributed by atoms with Gasteiger partial charge in [-0.3, -0.25) is 14.9 Å². The van der Waals surface area contributed by atoms with E-state index in [1.54, 1.807) is 43.5 Å². The zero-order valence-corrected chi connectivity index (χ0v) is 20.0. The Morgan fingerprint density at radius 2 is 1.74 bits per heavy atom. The van der Waals surface area contributed by atoms with E-state index in [2.05, 4.69) is 21.2 Å². The van der Waals surface area contributed by atoms with Gasteiger partial charge in [0.15, 0.2) is 5.76 Å². The first kappa shape index (κ1) is 23.8. The fraction of sp³-hybridized carbons (Fsp3) is 0.0800. The average Bonchev–Trinajstić information content (AvgIpc) is 3.33. The summed E-state index contributed by atoms with van der Waals surface area (Å²) in [5.74, 6) is 1.80. The van der Waals surface area contributed by atoms with Crippen molar-refractivity contribution in [3.05, 3.63) is 105 Å². The highest BCUT2D eigenvalue weighted by molar-refractivity contribution is 9.10. The highest BCUT2D eigenvalue weighted by atomic mass is 79.9. The van der Waals surface area contributed by atoms with Gasteiger partial charge in [0.1, 0.15) is 35.4 Å². The fourth-order valence-electron chi connectivity index (χ4n) is 3.08. The number of nitro groups is 1. The van der Waals surface area contributed by atoms with Crippen molar-refractivity contribution in [2.24, 2.45) is 0 Å². The minimum absolute atomic E-state index is 0.0276. The zero-order valence-electron chi connectivity index (χ0n) is 18.4. The Labute approximate surface area is 208 Å². The van der Waals surface area contributed by atoms with Gasteiger partial charge < -0.3 is 23.9 Å². The van der Waals surface area contributed by atoms with Crippen LogP contribution in [0.3, 0.4) is 0 Å². The Bertz CT molecular complexity index is 1350. The molecule has 35 heavy (non-hydrogen) atoms. The number of hydrogen-bond acceptors (Lipinski definition) is 7. The first-order valence-electron chi connectivity index (χ1n) is 10.3. The lowest BCUT2D eigenvalue weighted by molar-refractivity contribution is -0.384. The van der Waals surface area contributed by atoms with E-state index in [-0.39, 0.29) is 29.5 Å². The summed E-state index contributed by atoms with van der Waals surface area (Å²) in [5, 5.41) is 14.0. The number of nitrogens with zero attached hydrogens (tertiary/aromatic N) is 1. The molecule has 0 fully saturated rings. The number of amides is 1. The molecule has 0 aliphatic heterocycles. The number of nitro benzene ring substituents is 1. The zero-order chi connectivity index (χ0) is 24.8. The largest absolute Gasteiger partial charge is 0.497 e. The monoisotopic (exact) mass is 538 g/mol. The van der Waals surface area contributed by atoms with E-state index in [0.29, 0.717) is 23.0 Å². The highest BCUT2D eigenvalue weighted by Crippen LogP contribution is 2.31. The van der Waals surface area contributed by atoms with Crippen LogP contribution in [0, 0.1) is 10.1 Å². The van der Waals surface area contributed by atoms with Gasteiger partial charge in [-0.25, -0.2) is 0 Å². The molecule has 0 bridgehead atoms. The molecule has 0 atom stereocenters. The molecule has 0 aliphatic rings. The van der Waals surface area contributed by atoms with Gasteiger partial charge in [0.2, 0.25) is 0 Å². The predicted molar refractivity (Wildman–Crippen MR) is 131 cm³/mol. The molecule has 0 saturated heterocycles. The van der Waals surface area contributed by atoms with Crippen LogP contribution in [0.5, 0.6) is 23.0 Å². The molecule has 0 aliphatic carbocycles. The molecule has 4 rings (SSSR count). The number of rotatable bonds is 9. The number of benzene rings is 3. The lowest BCUT2D eigenvalue weighted by Gasteiger charge is -2.09. The van der Waals surface area contributed by atoms with Crippen LogP contribution in [0.25, 0.3) is 0 Å². The Balaban J connectivity index is 1.46. The van der Waals surface area contributed by atoms with E-state index in [4.69, 9.17) is 18.6 Å². The van der Waals surface area contributed by atoms with Gasteiger partial charge in [-0.1, -0.05) is 12.1 Å². The summed E-state index contributed by atoms with van der Waals surface area (Å²) in [6.07, 6.45) is 0. The predicted octanol–water partition coefficient (Wildman–Crippen LogP) is 6.58. The van der Waals surface area contributed by atoms with Gasteiger partial charge in [0.05, 0.1) is 28.3 Å². The summed E-state index contributed by atoms with van der Waals surface area (Å²) >= 11 is 3.40. The van der Waals surface area contributed by atoms with Crippen LogP contribution >= 0.6 is 15.9 Å². The lowest BCUT2D eigenvalue weighted by Crippen LogP contribution is -2.11. The standard InChI is InChI=1S/C25H19BrN2O7/c1-32-18-6-8-19(9-7-18)34-21-13-16(12-17(14-21)28(30)31)27-25(29)24-11-10-20(35-24)15-33-23-5-3-2-4-22(23)26/h2-14H,15H2,1H3,(H,27,29). The van der Waals surface area contributed by atoms with Crippen molar-refractivity contribution in [2.75, 3.05) is 12.4 Å². The van der Waals surface area contributed by atoms with E-state index in [0.717, 1.165) is 4.47 Å². The van der Waals surface area contributed by atoms with Crippen LogP contribution in [-0.2, 0) is 6.61 Å². The molecule has 0 radical (unpaired) electrons. The van der Waals surface area contributed by atoms with Gasteiger partial charge in [-0.2, -0.15) is 0 Å². The normalized spacial score (nSPS) is 10.5. The smallest absolute Gasteiger partial charge is 0.291 e. The molecule has 1 heterocycles. The molecule has 1 amide bonds. The van der Waals surface area contributed by atoms with Gasteiger partial charge in [-0.05, 0) is 64.5 Å². The summed E-state index contributed by atoms with van der Waals surface area (Å²) in [6, 6.07) is 21.2. The van der Waals surface area contributed by atoms with Crippen LogP contribution < -0.4 is 19.5 Å². The maximum absolute atomic E-state index is 12.7. The van der Waals surface area contributed by atoms with Gasteiger partial charge in [0.25, 0.3) is 11.6 Å². The van der Waals surface area contributed by atoms with E-state index in [9.17, 15) is 14.9 Å². The first-order valence-corrected chi connectivity index (χ1v) is 11.1. The molecule has 0 unspecified atom stereocenters. The van der Waals surface area contributed by atoms with Gasteiger partial charge in [-0.15, -0.1) is 0 Å². The number of furan rings is 1. The van der Waals surface area contributed by atoms with Crippen molar-refractivity contribution < 1.29 is 28.3 Å². The summed E-state index contributed by atoms with van der Waals surface area (Å²) < 4.78 is 22.9. The van der Waals surface area contributed by atoms with Crippen molar-refractivity contribution in [1.29, 1.82) is 0 Å². The SMILES string of the molecule is COc1ccc(Oc2cc(NC(=O)c3ccc(COc4ccccc4Br)o3)cc([N+](=O)[O-])c2)cc1. The maximum atomic E-state index is 12.7. The minimum atomic E-state index is -0.576. The Morgan fingerprint density at radius 3 is 2.46 bits per heavy atom. The summed E-state index contributed by atoms with van der Waals surface area (Å²) in [4.78, 5) is 23.5. The van der Waals surface area contributed by atoms with Crippen LogP contribution in [0.15, 0.2) is 87.8 Å². The summed E-state index contributed by atoms with van der Waals surface area (Å²) in [7, 11) is 1.54. The molecular weight excluding hydrogens is 520 g/mol. The fourth-order valence-corrected chi connectivity index (χ4v) is 3.48. The summed E-state index contributed by atoms with van der Waals surface area (Å²) in [6.45, 7) is 0.118. The average molecular weight is 539 g/mol. The molecule has 10 heteroatoms. The number of ether oxygens (including phenoxy) is 3. The molecule has 4 aromatic rings. The Hall–Kier alpha value is -4.31. The number of anilines is 1. The quantitative estimate of drug-likeness (QED) is 0.189. The number of para-hydroxylation sites is 1. The van der Waals surface area contributed by atoms with Crippen LogP contribution in [0.2, 0.25) is 0 Å². The van der Waals surface area contributed by atoms with Crippen LogP contribution in [0.4, 0.5) is 11.4 Å². The number of carbonyl (C=O) groups excluding carboxylic acids is 1. The molecule has 0 saturated carbocycles. The van der Waals surface area contributed by atoms with Crippen LogP contribution in [0.1, 0.15) is 16.3 Å². The van der Waals surface area contributed by atoms with Crippen molar-refractivity contribution in [2.45, 2.75) is 6.61 Å². The van der Waals surface area contributed by atoms with Gasteiger partial charge >= 0.3 is 0 Å². The number of nitrogens with one attached hydrogen (secondary N) is 1. The van der Waals surface area contributed by atoms with Crippen molar-refractivity contribution in [1.82, 2.24) is 0 Å². The molecule has 0 spiro atoms. The first-order chi connectivity index (χ1) is 16.9. The van der Waals surface area contributed by atoms with Crippen molar-refractivity contribution >= 4 is 33.2 Å². The molecule has 9 nitrogen and oxygen atoms in total. The second-order valence-corrected chi connectivity index (χ2v) is 8.04. The molecular formula is C25H19BrN2O7. The van der Waals surface area contributed by atoms with Crippen molar-refractivity contribution in [3.8, 4) is 23.0 Å². The molecule has 1 N–H and O–H groups in total. The highest BCUT2D eigenvalue weighted by Gasteiger charge is 2.16. The summed E-state index contributed by atoms with van der Waals surface area (Å²) in [5.41, 5.74) is -0.0663. The van der Waals surface area contributed by atoms with E-state index in [1.807, 2.05) is 18.2 Å². The molecule has 1 aromatic heterocycles. The minimum Gasteiger partial charge on any atom is -0.497 e. The number of methoxy groups -OCH3 is 1.